The molecule has 0 N–H and O–H groups in total. The molecule has 0 saturated heterocycles. The zero-order valence-electron chi connectivity index (χ0n) is 7.07. The van der Waals surface area contributed by atoms with Gasteiger partial charge in [-0.05, 0) is 13.0 Å². The molecule has 3 nitrogen and oxygen atoms in total. The summed E-state index contributed by atoms with van der Waals surface area (Å²) < 4.78 is 0. The lowest BCUT2D eigenvalue weighted by molar-refractivity contribution is 0.828. The maximum Gasteiger partial charge on any atom is 0.225 e. The van der Waals surface area contributed by atoms with Gasteiger partial charge in [0, 0.05) is 30.8 Å². The summed E-state index contributed by atoms with van der Waals surface area (Å²) in [7, 11) is 0. The van der Waals surface area contributed by atoms with Crippen LogP contribution in [0.2, 0.25) is 0 Å². The van der Waals surface area contributed by atoms with Gasteiger partial charge in [0.2, 0.25) is 5.95 Å². The van der Waals surface area contributed by atoms with E-state index in [1.54, 1.807) is 12.4 Å². The number of anilines is 1. The highest BCUT2D eigenvalue weighted by Crippen LogP contribution is 2.04. The molecule has 0 aromatic carbocycles. The maximum atomic E-state index is 4.16. The van der Waals surface area contributed by atoms with E-state index in [4.69, 9.17) is 0 Å². The third kappa shape index (κ3) is 2.44. The molecule has 0 aliphatic rings. The van der Waals surface area contributed by atoms with Gasteiger partial charge in [-0.2, -0.15) is 0 Å². The predicted molar refractivity (Wildman–Crippen MR) is 53.7 cm³/mol. The van der Waals surface area contributed by atoms with Crippen molar-refractivity contribution in [3.63, 3.8) is 0 Å². The van der Waals surface area contributed by atoms with Crippen molar-refractivity contribution >= 4 is 21.9 Å². The summed E-state index contributed by atoms with van der Waals surface area (Å²) in [4.78, 5) is 10.4. The van der Waals surface area contributed by atoms with Gasteiger partial charge in [-0.1, -0.05) is 15.9 Å². The van der Waals surface area contributed by atoms with Crippen molar-refractivity contribution in [2.75, 3.05) is 23.3 Å². The lowest BCUT2D eigenvalue weighted by atomic mass is 10.5. The monoisotopic (exact) mass is 229 g/mol. The van der Waals surface area contributed by atoms with Crippen LogP contribution in [0.1, 0.15) is 6.92 Å². The van der Waals surface area contributed by atoms with Crippen LogP contribution in [0.3, 0.4) is 0 Å². The van der Waals surface area contributed by atoms with Crippen molar-refractivity contribution in [1.29, 1.82) is 0 Å². The number of rotatable bonds is 4. The summed E-state index contributed by atoms with van der Waals surface area (Å²) in [5.74, 6) is 0.805. The SMILES string of the molecule is CCN(CCBr)c1ncccn1. The maximum absolute atomic E-state index is 4.16. The van der Waals surface area contributed by atoms with Gasteiger partial charge < -0.3 is 4.90 Å². The molecule has 0 atom stereocenters. The lowest BCUT2D eigenvalue weighted by Crippen LogP contribution is -2.26. The Morgan fingerprint density at radius 2 is 2.08 bits per heavy atom. The quantitative estimate of drug-likeness (QED) is 0.737. The van der Waals surface area contributed by atoms with Crippen LogP contribution in [-0.4, -0.2) is 28.4 Å². The Balaban J connectivity index is 2.66. The standard InChI is InChI=1S/C8H12BrN3/c1-2-12(7-4-9)8-10-5-3-6-11-8/h3,5-6H,2,4,7H2,1H3. The zero-order chi connectivity index (χ0) is 8.81. The van der Waals surface area contributed by atoms with Crippen molar-refractivity contribution in [2.45, 2.75) is 6.92 Å². The van der Waals surface area contributed by atoms with Gasteiger partial charge in [0.25, 0.3) is 0 Å². The van der Waals surface area contributed by atoms with Crippen molar-refractivity contribution in [1.82, 2.24) is 9.97 Å². The molecule has 1 heterocycles. The Bertz CT molecular complexity index is 215. The first kappa shape index (κ1) is 9.45. The molecule has 0 fully saturated rings. The third-order valence-electron chi connectivity index (χ3n) is 1.57. The van der Waals surface area contributed by atoms with E-state index >= 15 is 0 Å². The van der Waals surface area contributed by atoms with Gasteiger partial charge in [0.1, 0.15) is 0 Å². The van der Waals surface area contributed by atoms with E-state index in [2.05, 4.69) is 37.7 Å². The normalized spacial score (nSPS) is 9.83. The first-order valence-electron chi connectivity index (χ1n) is 3.96. The molecule has 66 valence electrons. The minimum atomic E-state index is 0.805. The summed E-state index contributed by atoms with van der Waals surface area (Å²) in [6.45, 7) is 3.98. The molecule has 0 spiro atoms. The Morgan fingerprint density at radius 3 is 2.58 bits per heavy atom. The fraction of sp³-hybridized carbons (Fsp3) is 0.500. The number of nitrogens with zero attached hydrogens (tertiary/aromatic N) is 3. The van der Waals surface area contributed by atoms with E-state index in [-0.39, 0.29) is 0 Å². The Hall–Kier alpha value is -0.640. The second-order valence-corrected chi connectivity index (χ2v) is 3.11. The van der Waals surface area contributed by atoms with Gasteiger partial charge in [-0.3, -0.25) is 0 Å². The molecular weight excluding hydrogens is 218 g/mol. The first-order chi connectivity index (χ1) is 5.88. The molecule has 0 bridgehead atoms. The highest BCUT2D eigenvalue weighted by atomic mass is 79.9. The van der Waals surface area contributed by atoms with Crippen LogP contribution in [0.5, 0.6) is 0 Å². The molecular formula is C8H12BrN3. The summed E-state index contributed by atoms with van der Waals surface area (Å²) in [5.41, 5.74) is 0. The van der Waals surface area contributed by atoms with Gasteiger partial charge in [0.15, 0.2) is 0 Å². The van der Waals surface area contributed by atoms with Crippen LogP contribution in [0.15, 0.2) is 18.5 Å². The van der Waals surface area contributed by atoms with Gasteiger partial charge in [0.05, 0.1) is 0 Å². The van der Waals surface area contributed by atoms with Crippen LogP contribution >= 0.6 is 15.9 Å². The zero-order valence-corrected chi connectivity index (χ0v) is 8.66. The van der Waals surface area contributed by atoms with E-state index in [1.807, 2.05) is 6.07 Å². The molecule has 0 aliphatic heterocycles. The van der Waals surface area contributed by atoms with Crippen molar-refractivity contribution in [3.8, 4) is 0 Å². The third-order valence-corrected chi connectivity index (χ3v) is 1.93. The molecule has 0 aliphatic carbocycles. The Kier molecular flexibility index (Phi) is 4.00. The Morgan fingerprint density at radius 1 is 1.42 bits per heavy atom. The smallest absolute Gasteiger partial charge is 0.225 e. The first-order valence-corrected chi connectivity index (χ1v) is 5.08. The minimum absolute atomic E-state index is 0.805. The molecule has 0 unspecified atom stereocenters. The highest BCUT2D eigenvalue weighted by Gasteiger charge is 2.03. The average Bonchev–Trinajstić information content (AvgIpc) is 2.15. The molecule has 0 amide bonds. The van der Waals surface area contributed by atoms with E-state index in [9.17, 15) is 0 Å². The topological polar surface area (TPSA) is 29.0 Å². The van der Waals surface area contributed by atoms with E-state index in [1.165, 1.54) is 0 Å². The van der Waals surface area contributed by atoms with E-state index < -0.39 is 0 Å². The molecule has 12 heavy (non-hydrogen) atoms. The van der Waals surface area contributed by atoms with Crippen LogP contribution < -0.4 is 4.90 Å². The number of aromatic nitrogens is 2. The predicted octanol–water partition coefficient (Wildman–Crippen LogP) is 1.70. The molecule has 1 aromatic rings. The number of halogens is 1. The summed E-state index contributed by atoms with van der Waals surface area (Å²) in [6, 6.07) is 1.82. The number of hydrogen-bond donors (Lipinski definition) is 0. The van der Waals surface area contributed by atoms with Gasteiger partial charge >= 0.3 is 0 Å². The van der Waals surface area contributed by atoms with Crippen LogP contribution in [0, 0.1) is 0 Å². The van der Waals surface area contributed by atoms with Crippen LogP contribution in [0.4, 0.5) is 5.95 Å². The van der Waals surface area contributed by atoms with Crippen molar-refractivity contribution in [3.05, 3.63) is 18.5 Å². The number of alkyl halides is 1. The second-order valence-electron chi connectivity index (χ2n) is 2.32. The van der Waals surface area contributed by atoms with E-state index in [0.717, 1.165) is 24.4 Å². The van der Waals surface area contributed by atoms with Crippen LogP contribution in [0.25, 0.3) is 0 Å². The minimum Gasteiger partial charge on any atom is -0.340 e. The fourth-order valence-corrected chi connectivity index (χ4v) is 1.38. The summed E-state index contributed by atoms with van der Waals surface area (Å²) in [5, 5.41) is 0.944. The largest absolute Gasteiger partial charge is 0.340 e. The average molecular weight is 230 g/mol. The Labute approximate surface area is 81.0 Å². The van der Waals surface area contributed by atoms with Crippen molar-refractivity contribution in [2.24, 2.45) is 0 Å². The molecule has 1 aromatic heterocycles. The van der Waals surface area contributed by atoms with Crippen molar-refractivity contribution < 1.29 is 0 Å². The fourth-order valence-electron chi connectivity index (χ4n) is 0.956. The highest BCUT2D eigenvalue weighted by molar-refractivity contribution is 9.09. The van der Waals surface area contributed by atoms with Crippen LogP contribution in [-0.2, 0) is 0 Å². The lowest BCUT2D eigenvalue weighted by Gasteiger charge is -2.18. The molecule has 1 rings (SSSR count). The van der Waals surface area contributed by atoms with E-state index in [0.29, 0.717) is 0 Å². The number of hydrogen-bond acceptors (Lipinski definition) is 3. The van der Waals surface area contributed by atoms with Gasteiger partial charge in [-0.25, -0.2) is 9.97 Å². The summed E-state index contributed by atoms with van der Waals surface area (Å²) >= 11 is 3.39. The molecule has 4 heteroatoms. The second kappa shape index (κ2) is 5.09. The summed E-state index contributed by atoms with van der Waals surface area (Å²) in [6.07, 6.45) is 3.53. The van der Waals surface area contributed by atoms with Gasteiger partial charge in [-0.15, -0.1) is 0 Å². The molecule has 0 saturated carbocycles. The molecule has 0 radical (unpaired) electrons.